The van der Waals surface area contributed by atoms with Crippen molar-refractivity contribution >= 4 is 5.91 Å². The van der Waals surface area contributed by atoms with Crippen LogP contribution in [0.1, 0.15) is 31.1 Å². The normalized spacial score (nSPS) is 13.6. The lowest BCUT2D eigenvalue weighted by atomic mass is 9.97. The monoisotopic (exact) mass is 235 g/mol. The van der Waals surface area contributed by atoms with Crippen LogP contribution < -0.4 is 14.8 Å². The maximum atomic E-state index is 11.9. The lowest BCUT2D eigenvalue weighted by Crippen LogP contribution is -2.32. The Bertz CT molecular complexity index is 435. The molecule has 1 amide bonds. The maximum Gasteiger partial charge on any atom is 0.251 e. The number of amides is 1. The molecule has 2 rings (SSSR count). The zero-order valence-electron chi connectivity index (χ0n) is 10.4. The molecular weight excluding hydrogens is 218 g/mol. The molecule has 1 heterocycles. The van der Waals surface area contributed by atoms with Gasteiger partial charge >= 0.3 is 0 Å². The zero-order chi connectivity index (χ0) is 12.5. The predicted molar refractivity (Wildman–Crippen MR) is 64.4 cm³/mol. The summed E-state index contributed by atoms with van der Waals surface area (Å²) < 4.78 is 10.4. The van der Waals surface area contributed by atoms with Crippen LogP contribution in [0.2, 0.25) is 0 Å². The van der Waals surface area contributed by atoms with Crippen LogP contribution in [-0.4, -0.2) is 19.2 Å². The lowest BCUT2D eigenvalue weighted by molar-refractivity contribution is 0.0939. The highest BCUT2D eigenvalue weighted by Crippen LogP contribution is 2.32. The van der Waals surface area contributed by atoms with Gasteiger partial charge in [0.15, 0.2) is 11.5 Å². The summed E-state index contributed by atoms with van der Waals surface area (Å²) in [5, 5.41) is 2.89. The first kappa shape index (κ1) is 11.8. The Morgan fingerprint density at radius 1 is 1.29 bits per heavy atom. The van der Waals surface area contributed by atoms with Crippen molar-refractivity contribution in [2.24, 2.45) is 5.41 Å². The minimum Gasteiger partial charge on any atom is -0.454 e. The van der Waals surface area contributed by atoms with E-state index in [4.69, 9.17) is 9.47 Å². The molecule has 0 aromatic heterocycles. The molecule has 0 atom stereocenters. The Balaban J connectivity index is 2.05. The Hall–Kier alpha value is -1.71. The first-order chi connectivity index (χ1) is 7.96. The van der Waals surface area contributed by atoms with Gasteiger partial charge in [-0.2, -0.15) is 0 Å². The molecule has 0 bridgehead atoms. The Labute approximate surface area is 101 Å². The Morgan fingerprint density at radius 3 is 2.71 bits per heavy atom. The van der Waals surface area contributed by atoms with Crippen LogP contribution in [0.5, 0.6) is 11.5 Å². The molecule has 17 heavy (non-hydrogen) atoms. The molecule has 92 valence electrons. The van der Waals surface area contributed by atoms with Crippen LogP contribution in [0, 0.1) is 5.41 Å². The summed E-state index contributed by atoms with van der Waals surface area (Å²) in [7, 11) is 0. The number of hydrogen-bond acceptors (Lipinski definition) is 3. The number of nitrogens with one attached hydrogen (secondary N) is 1. The van der Waals surface area contributed by atoms with Crippen LogP contribution in [-0.2, 0) is 0 Å². The fourth-order valence-electron chi connectivity index (χ4n) is 1.49. The third-order valence-electron chi connectivity index (χ3n) is 2.41. The van der Waals surface area contributed by atoms with Crippen molar-refractivity contribution in [1.29, 1.82) is 0 Å². The molecule has 0 aliphatic carbocycles. The molecule has 0 radical (unpaired) electrons. The average molecular weight is 235 g/mol. The number of benzene rings is 1. The SMILES string of the molecule is CC(C)(C)CNC(=O)c1ccc2c(c1)OCO2. The van der Waals surface area contributed by atoms with Gasteiger partial charge in [-0.3, -0.25) is 4.79 Å². The zero-order valence-corrected chi connectivity index (χ0v) is 10.4. The van der Waals surface area contributed by atoms with Gasteiger partial charge in [0.2, 0.25) is 6.79 Å². The molecule has 1 N–H and O–H groups in total. The maximum absolute atomic E-state index is 11.9. The molecule has 1 aliphatic heterocycles. The van der Waals surface area contributed by atoms with E-state index < -0.39 is 0 Å². The molecular formula is C13H17NO3. The highest BCUT2D eigenvalue weighted by atomic mass is 16.7. The highest BCUT2D eigenvalue weighted by molar-refractivity contribution is 5.94. The van der Waals surface area contributed by atoms with Gasteiger partial charge in [0.05, 0.1) is 0 Å². The van der Waals surface area contributed by atoms with Gasteiger partial charge in [0, 0.05) is 12.1 Å². The number of rotatable bonds is 2. The van der Waals surface area contributed by atoms with E-state index in [0.717, 1.165) is 0 Å². The van der Waals surface area contributed by atoms with E-state index in [0.29, 0.717) is 23.6 Å². The van der Waals surface area contributed by atoms with Crippen molar-refractivity contribution in [2.75, 3.05) is 13.3 Å². The van der Waals surface area contributed by atoms with Crippen molar-refractivity contribution in [3.05, 3.63) is 23.8 Å². The summed E-state index contributed by atoms with van der Waals surface area (Å²) in [5.41, 5.74) is 0.671. The van der Waals surface area contributed by atoms with Crippen LogP contribution in [0.4, 0.5) is 0 Å². The number of hydrogen-bond donors (Lipinski definition) is 1. The van der Waals surface area contributed by atoms with Crippen LogP contribution in [0.25, 0.3) is 0 Å². The standard InChI is InChI=1S/C13H17NO3/c1-13(2,3)7-14-12(15)9-4-5-10-11(6-9)17-8-16-10/h4-6H,7-8H2,1-3H3,(H,14,15). The molecule has 0 saturated heterocycles. The third kappa shape index (κ3) is 2.90. The van der Waals surface area contributed by atoms with E-state index in [2.05, 4.69) is 26.1 Å². The minimum atomic E-state index is -0.0850. The summed E-state index contributed by atoms with van der Waals surface area (Å²) in [4.78, 5) is 11.9. The summed E-state index contributed by atoms with van der Waals surface area (Å²) in [6, 6.07) is 5.21. The summed E-state index contributed by atoms with van der Waals surface area (Å²) in [5.74, 6) is 1.24. The van der Waals surface area contributed by atoms with Gasteiger partial charge in [-0.05, 0) is 23.6 Å². The Kier molecular flexibility index (Phi) is 2.96. The third-order valence-corrected chi connectivity index (χ3v) is 2.41. The molecule has 1 aromatic rings. The smallest absolute Gasteiger partial charge is 0.251 e. The predicted octanol–water partition coefficient (Wildman–Crippen LogP) is 2.19. The van der Waals surface area contributed by atoms with E-state index in [9.17, 15) is 4.79 Å². The van der Waals surface area contributed by atoms with Crippen molar-refractivity contribution < 1.29 is 14.3 Å². The molecule has 1 aliphatic rings. The quantitative estimate of drug-likeness (QED) is 0.854. The number of carbonyl (C=O) groups excluding carboxylic acids is 1. The van der Waals surface area contributed by atoms with Gasteiger partial charge in [-0.25, -0.2) is 0 Å². The van der Waals surface area contributed by atoms with Crippen molar-refractivity contribution in [1.82, 2.24) is 5.32 Å². The van der Waals surface area contributed by atoms with Crippen molar-refractivity contribution in [2.45, 2.75) is 20.8 Å². The molecule has 0 unspecified atom stereocenters. The van der Waals surface area contributed by atoms with Gasteiger partial charge in [0.25, 0.3) is 5.91 Å². The fraction of sp³-hybridized carbons (Fsp3) is 0.462. The van der Waals surface area contributed by atoms with E-state index in [1.165, 1.54) is 0 Å². The molecule has 0 fully saturated rings. The molecule has 0 spiro atoms. The first-order valence-corrected chi connectivity index (χ1v) is 5.63. The fourth-order valence-corrected chi connectivity index (χ4v) is 1.49. The molecule has 4 heteroatoms. The Morgan fingerprint density at radius 2 is 2.00 bits per heavy atom. The van der Waals surface area contributed by atoms with Gasteiger partial charge in [-0.15, -0.1) is 0 Å². The van der Waals surface area contributed by atoms with Gasteiger partial charge in [0.1, 0.15) is 0 Å². The van der Waals surface area contributed by atoms with Crippen molar-refractivity contribution in [3.63, 3.8) is 0 Å². The van der Waals surface area contributed by atoms with Crippen LogP contribution >= 0.6 is 0 Å². The van der Waals surface area contributed by atoms with Crippen LogP contribution in [0.3, 0.4) is 0 Å². The van der Waals surface area contributed by atoms with Gasteiger partial charge < -0.3 is 14.8 Å². The van der Waals surface area contributed by atoms with Crippen molar-refractivity contribution in [3.8, 4) is 11.5 Å². The summed E-state index contributed by atoms with van der Waals surface area (Å²) in [6.07, 6.45) is 0. The minimum absolute atomic E-state index is 0.0754. The second kappa shape index (κ2) is 4.28. The second-order valence-corrected chi connectivity index (χ2v) is 5.31. The first-order valence-electron chi connectivity index (χ1n) is 5.63. The largest absolute Gasteiger partial charge is 0.454 e. The topological polar surface area (TPSA) is 47.6 Å². The summed E-state index contributed by atoms with van der Waals surface area (Å²) >= 11 is 0. The average Bonchev–Trinajstić information content (AvgIpc) is 2.71. The molecule has 4 nitrogen and oxygen atoms in total. The van der Waals surface area contributed by atoms with E-state index in [-0.39, 0.29) is 18.1 Å². The van der Waals surface area contributed by atoms with E-state index in [1.807, 2.05) is 0 Å². The second-order valence-electron chi connectivity index (χ2n) is 5.31. The molecule has 1 aromatic carbocycles. The van der Waals surface area contributed by atoms with Gasteiger partial charge in [-0.1, -0.05) is 20.8 Å². The highest BCUT2D eigenvalue weighted by Gasteiger charge is 2.17. The lowest BCUT2D eigenvalue weighted by Gasteiger charge is -2.18. The van der Waals surface area contributed by atoms with E-state index >= 15 is 0 Å². The van der Waals surface area contributed by atoms with E-state index in [1.54, 1.807) is 18.2 Å². The number of ether oxygens (including phenoxy) is 2. The number of fused-ring (bicyclic) bond motifs is 1. The molecule has 0 saturated carbocycles. The number of carbonyl (C=O) groups is 1. The summed E-state index contributed by atoms with van der Waals surface area (Å²) in [6.45, 7) is 7.09. The van der Waals surface area contributed by atoms with Crippen LogP contribution in [0.15, 0.2) is 18.2 Å².